The van der Waals surface area contributed by atoms with Crippen molar-refractivity contribution in [3.63, 3.8) is 0 Å². The van der Waals surface area contributed by atoms with Gasteiger partial charge in [0.2, 0.25) is 0 Å². The SMILES string of the molecule is COc1ccc(C(Nc2ccc(C(=N)N)cc2)C(=O)O)cc1OC.Cl. The minimum Gasteiger partial charge on any atom is -0.493 e. The van der Waals surface area contributed by atoms with Gasteiger partial charge >= 0.3 is 5.97 Å². The summed E-state index contributed by atoms with van der Waals surface area (Å²) in [6.45, 7) is 0. The van der Waals surface area contributed by atoms with Crippen LogP contribution in [0.25, 0.3) is 0 Å². The molecule has 1 atom stereocenters. The van der Waals surface area contributed by atoms with Crippen molar-refractivity contribution < 1.29 is 19.4 Å². The highest BCUT2D eigenvalue weighted by Gasteiger charge is 2.21. The fourth-order valence-electron chi connectivity index (χ4n) is 2.23. The van der Waals surface area contributed by atoms with Gasteiger partial charge in [0.05, 0.1) is 14.2 Å². The summed E-state index contributed by atoms with van der Waals surface area (Å²) in [7, 11) is 3.01. The maximum absolute atomic E-state index is 11.6. The van der Waals surface area contributed by atoms with Crippen LogP contribution in [0.1, 0.15) is 17.2 Å². The summed E-state index contributed by atoms with van der Waals surface area (Å²) >= 11 is 0. The lowest BCUT2D eigenvalue weighted by atomic mass is 10.1. The fraction of sp³-hybridized carbons (Fsp3) is 0.176. The van der Waals surface area contributed by atoms with Crippen molar-refractivity contribution >= 4 is 29.9 Å². The zero-order valence-electron chi connectivity index (χ0n) is 13.8. The second-order valence-corrected chi connectivity index (χ2v) is 5.02. The molecule has 0 heterocycles. The number of amidine groups is 1. The Hall–Kier alpha value is -2.93. The Morgan fingerprint density at radius 1 is 1.12 bits per heavy atom. The Labute approximate surface area is 151 Å². The first kappa shape index (κ1) is 20.1. The van der Waals surface area contributed by atoms with E-state index in [0.717, 1.165) is 0 Å². The van der Waals surface area contributed by atoms with E-state index in [0.29, 0.717) is 28.3 Å². The van der Waals surface area contributed by atoms with Crippen LogP contribution in [0.4, 0.5) is 5.69 Å². The highest BCUT2D eigenvalue weighted by Crippen LogP contribution is 2.31. The van der Waals surface area contributed by atoms with Crippen LogP contribution in [0, 0.1) is 5.41 Å². The van der Waals surface area contributed by atoms with Crippen molar-refractivity contribution in [3.8, 4) is 11.5 Å². The van der Waals surface area contributed by atoms with Gasteiger partial charge in [-0.25, -0.2) is 4.79 Å². The normalized spacial score (nSPS) is 11.0. The third-order valence-corrected chi connectivity index (χ3v) is 3.49. The number of rotatable bonds is 7. The summed E-state index contributed by atoms with van der Waals surface area (Å²) < 4.78 is 10.4. The van der Waals surface area contributed by atoms with Crippen LogP contribution >= 0.6 is 12.4 Å². The van der Waals surface area contributed by atoms with Gasteiger partial charge < -0.3 is 25.6 Å². The second-order valence-electron chi connectivity index (χ2n) is 5.02. The van der Waals surface area contributed by atoms with Gasteiger partial charge in [-0.2, -0.15) is 0 Å². The molecule has 2 rings (SSSR count). The van der Waals surface area contributed by atoms with Gasteiger partial charge in [0.25, 0.3) is 0 Å². The van der Waals surface area contributed by atoms with Gasteiger partial charge in [-0.15, -0.1) is 12.4 Å². The Balaban J connectivity index is 0.00000312. The molecule has 1 unspecified atom stereocenters. The summed E-state index contributed by atoms with van der Waals surface area (Å²) in [6.07, 6.45) is 0. The molecular formula is C17H20ClN3O4. The maximum Gasteiger partial charge on any atom is 0.330 e. The molecule has 7 nitrogen and oxygen atoms in total. The number of carboxylic acids is 1. The van der Waals surface area contributed by atoms with Crippen molar-refractivity contribution in [3.05, 3.63) is 53.6 Å². The molecule has 0 aliphatic rings. The fourth-order valence-corrected chi connectivity index (χ4v) is 2.23. The lowest BCUT2D eigenvalue weighted by Gasteiger charge is -2.18. The number of ether oxygens (including phenoxy) is 2. The second kappa shape index (κ2) is 8.79. The number of aliphatic carboxylic acids is 1. The summed E-state index contributed by atoms with van der Waals surface area (Å²) in [5, 5.41) is 19.8. The van der Waals surface area contributed by atoms with E-state index in [-0.39, 0.29) is 18.2 Å². The standard InChI is InChI=1S/C17H19N3O4.ClH/c1-23-13-8-5-11(9-14(13)24-2)15(17(21)22)20-12-6-3-10(4-7-12)16(18)19;/h3-9,15,20H,1-2H3,(H3,18,19)(H,21,22);1H. The average molecular weight is 366 g/mol. The monoisotopic (exact) mass is 365 g/mol. The Bertz CT molecular complexity index is 750. The number of anilines is 1. The molecule has 2 aromatic rings. The molecule has 0 bridgehead atoms. The molecule has 0 fully saturated rings. The molecule has 0 aliphatic heterocycles. The molecule has 25 heavy (non-hydrogen) atoms. The first-order valence-electron chi connectivity index (χ1n) is 7.12. The minimum atomic E-state index is -1.03. The summed E-state index contributed by atoms with van der Waals surface area (Å²) in [5.41, 5.74) is 7.10. The van der Waals surface area contributed by atoms with Gasteiger partial charge in [-0.05, 0) is 42.0 Å². The van der Waals surface area contributed by atoms with Gasteiger partial charge in [0.15, 0.2) is 17.5 Å². The number of carboxylic acid groups (broad SMARTS) is 1. The number of halogens is 1. The highest BCUT2D eigenvalue weighted by molar-refractivity contribution is 5.95. The lowest BCUT2D eigenvalue weighted by Crippen LogP contribution is -2.20. The summed E-state index contributed by atoms with van der Waals surface area (Å²) in [6, 6.07) is 10.6. The van der Waals surface area contributed by atoms with Crippen LogP contribution in [0.5, 0.6) is 11.5 Å². The van der Waals surface area contributed by atoms with E-state index in [1.807, 2.05) is 0 Å². The lowest BCUT2D eigenvalue weighted by molar-refractivity contribution is -0.138. The molecule has 5 N–H and O–H groups in total. The highest BCUT2D eigenvalue weighted by atomic mass is 35.5. The van der Waals surface area contributed by atoms with Crippen LogP contribution in [-0.4, -0.2) is 31.1 Å². The van der Waals surface area contributed by atoms with Crippen LogP contribution in [0.15, 0.2) is 42.5 Å². The molecule has 0 saturated heterocycles. The van der Waals surface area contributed by atoms with E-state index in [2.05, 4.69) is 5.32 Å². The summed E-state index contributed by atoms with van der Waals surface area (Å²) in [5.74, 6) is -0.0970. The zero-order valence-corrected chi connectivity index (χ0v) is 14.6. The van der Waals surface area contributed by atoms with Crippen molar-refractivity contribution in [2.75, 3.05) is 19.5 Å². The van der Waals surface area contributed by atoms with Gasteiger partial charge in [0.1, 0.15) is 5.84 Å². The molecule has 2 aromatic carbocycles. The third-order valence-electron chi connectivity index (χ3n) is 3.49. The van der Waals surface area contributed by atoms with E-state index in [4.69, 9.17) is 20.6 Å². The van der Waals surface area contributed by atoms with Crippen molar-refractivity contribution in [2.24, 2.45) is 5.73 Å². The van der Waals surface area contributed by atoms with Gasteiger partial charge in [0, 0.05) is 11.3 Å². The number of benzene rings is 2. The largest absolute Gasteiger partial charge is 0.493 e. The van der Waals surface area contributed by atoms with Gasteiger partial charge in [-0.3, -0.25) is 5.41 Å². The molecule has 8 heteroatoms. The molecule has 0 aliphatic carbocycles. The van der Waals surface area contributed by atoms with Crippen molar-refractivity contribution in [1.29, 1.82) is 5.41 Å². The van der Waals surface area contributed by atoms with E-state index in [1.54, 1.807) is 42.5 Å². The first-order valence-corrected chi connectivity index (χ1v) is 7.12. The van der Waals surface area contributed by atoms with Crippen LogP contribution in [0.2, 0.25) is 0 Å². The summed E-state index contributed by atoms with van der Waals surface area (Å²) in [4.78, 5) is 11.6. The molecule has 0 spiro atoms. The predicted octanol–water partition coefficient (Wildman–Crippen LogP) is 2.65. The Morgan fingerprint density at radius 3 is 2.20 bits per heavy atom. The number of hydrogen-bond acceptors (Lipinski definition) is 5. The third kappa shape index (κ3) is 4.77. The average Bonchev–Trinajstić information content (AvgIpc) is 2.59. The first-order chi connectivity index (χ1) is 11.5. The Kier molecular flexibility index (Phi) is 7.07. The predicted molar refractivity (Wildman–Crippen MR) is 98.3 cm³/mol. The number of nitrogens with two attached hydrogens (primary N) is 1. The zero-order chi connectivity index (χ0) is 17.7. The molecule has 134 valence electrons. The van der Waals surface area contributed by atoms with E-state index >= 15 is 0 Å². The quantitative estimate of drug-likeness (QED) is 0.442. The van der Waals surface area contributed by atoms with Crippen LogP contribution in [0.3, 0.4) is 0 Å². The van der Waals surface area contributed by atoms with Gasteiger partial charge in [-0.1, -0.05) is 6.07 Å². The topological polar surface area (TPSA) is 118 Å². The van der Waals surface area contributed by atoms with E-state index in [9.17, 15) is 9.90 Å². The smallest absolute Gasteiger partial charge is 0.330 e. The van der Waals surface area contributed by atoms with Crippen LogP contribution < -0.4 is 20.5 Å². The minimum absolute atomic E-state index is 0. The molecule has 0 saturated carbocycles. The van der Waals surface area contributed by atoms with Crippen molar-refractivity contribution in [2.45, 2.75) is 6.04 Å². The molecule has 0 radical (unpaired) electrons. The molecule has 0 amide bonds. The maximum atomic E-state index is 11.6. The molecule has 0 aromatic heterocycles. The number of nitrogens with one attached hydrogen (secondary N) is 2. The number of hydrogen-bond donors (Lipinski definition) is 4. The number of methoxy groups -OCH3 is 2. The number of carbonyl (C=O) groups is 1. The van der Waals surface area contributed by atoms with Crippen molar-refractivity contribution in [1.82, 2.24) is 0 Å². The van der Waals surface area contributed by atoms with E-state index in [1.165, 1.54) is 14.2 Å². The molecular weight excluding hydrogens is 346 g/mol. The van der Waals surface area contributed by atoms with Crippen LogP contribution in [-0.2, 0) is 4.79 Å². The van der Waals surface area contributed by atoms with E-state index < -0.39 is 12.0 Å². The Morgan fingerprint density at radius 2 is 1.72 bits per heavy atom. The number of nitrogen functional groups attached to an aromatic ring is 1.